The highest BCUT2D eigenvalue weighted by Crippen LogP contribution is 2.28. The fraction of sp³-hybridized carbons (Fsp3) is 0.259. The van der Waals surface area contributed by atoms with Crippen LogP contribution in [-0.4, -0.2) is 43.0 Å². The summed E-state index contributed by atoms with van der Waals surface area (Å²) in [6, 6.07) is 21.4. The zero-order valence-corrected chi connectivity index (χ0v) is 21.4. The van der Waals surface area contributed by atoms with Crippen LogP contribution in [0.15, 0.2) is 77.7 Å². The van der Waals surface area contributed by atoms with Crippen molar-refractivity contribution in [3.05, 3.63) is 78.4 Å². The van der Waals surface area contributed by atoms with Crippen molar-refractivity contribution in [2.75, 3.05) is 16.9 Å². The highest BCUT2D eigenvalue weighted by atomic mass is 32.2. The van der Waals surface area contributed by atoms with Gasteiger partial charge in [-0.1, -0.05) is 61.7 Å². The van der Waals surface area contributed by atoms with E-state index in [1.54, 1.807) is 54.6 Å². The molecular weight excluding hydrogens is 492 g/mol. The van der Waals surface area contributed by atoms with Crippen LogP contribution in [0.25, 0.3) is 11.1 Å². The standard InChI is InChI=1S/C14H13NO4S.C13H19N3O/c1-20(18,19)13-5-3-2-4-12(13)10-6-8-11(9-7-10)15-14(16)17;14-13(16-17)10-5-4-8-12(9-10)15-11-6-2-1-3-7-11/h2-9,15H,1H3,(H,16,17);4-5,8-9,11,15,17H,1-3,6-7H2,(H2,14,16). The summed E-state index contributed by atoms with van der Waals surface area (Å²) in [6.07, 6.45) is 6.40. The van der Waals surface area contributed by atoms with Crippen LogP contribution < -0.4 is 16.1 Å². The maximum atomic E-state index is 11.7. The van der Waals surface area contributed by atoms with Gasteiger partial charge < -0.3 is 10.4 Å². The summed E-state index contributed by atoms with van der Waals surface area (Å²) < 4.78 is 23.5. The molecule has 0 atom stereocenters. The van der Waals surface area contributed by atoms with Crippen LogP contribution in [0.5, 0.6) is 0 Å². The van der Waals surface area contributed by atoms with E-state index in [2.05, 4.69) is 10.6 Å². The van der Waals surface area contributed by atoms with Gasteiger partial charge in [0.05, 0.1) is 4.90 Å². The quantitative estimate of drug-likeness (QED) is 0.140. The molecule has 1 aliphatic rings. The zero-order valence-electron chi connectivity index (χ0n) is 20.6. The molecule has 10 heteroatoms. The lowest BCUT2D eigenvalue weighted by Crippen LogP contribution is -2.23. The Bertz CT molecular complexity index is 1320. The highest BCUT2D eigenvalue weighted by Gasteiger charge is 2.14. The van der Waals surface area contributed by atoms with Crippen molar-refractivity contribution >= 4 is 33.1 Å². The van der Waals surface area contributed by atoms with Crippen LogP contribution >= 0.6 is 0 Å². The molecule has 6 N–H and O–H groups in total. The van der Waals surface area contributed by atoms with Crippen LogP contribution in [0.2, 0.25) is 0 Å². The maximum Gasteiger partial charge on any atom is 0.409 e. The third-order valence-electron chi connectivity index (χ3n) is 5.97. The molecule has 0 bridgehead atoms. The van der Waals surface area contributed by atoms with E-state index in [0.29, 0.717) is 28.4 Å². The van der Waals surface area contributed by atoms with E-state index in [0.717, 1.165) is 11.9 Å². The normalized spacial score (nSPS) is 13.6. The molecule has 0 aliphatic heterocycles. The Morgan fingerprint density at radius 1 is 0.919 bits per heavy atom. The fourth-order valence-electron chi connectivity index (χ4n) is 4.20. The number of amides is 1. The number of sulfone groups is 1. The summed E-state index contributed by atoms with van der Waals surface area (Å²) in [5, 5.41) is 30.5. The Balaban J connectivity index is 0.000000208. The van der Waals surface area contributed by atoms with Crippen molar-refractivity contribution in [2.24, 2.45) is 0 Å². The van der Waals surface area contributed by atoms with E-state index in [-0.39, 0.29) is 10.7 Å². The molecule has 1 fully saturated rings. The Morgan fingerprint density at radius 2 is 1.59 bits per heavy atom. The lowest BCUT2D eigenvalue weighted by molar-refractivity contribution is 0.209. The van der Waals surface area contributed by atoms with E-state index in [1.807, 2.05) is 23.7 Å². The molecule has 3 aromatic rings. The minimum atomic E-state index is -3.32. The second-order valence-electron chi connectivity index (χ2n) is 8.82. The summed E-state index contributed by atoms with van der Waals surface area (Å²) in [7, 11) is -3.32. The zero-order chi connectivity index (χ0) is 26.8. The van der Waals surface area contributed by atoms with E-state index < -0.39 is 15.9 Å². The largest absolute Gasteiger partial charge is 0.465 e. The third kappa shape index (κ3) is 8.33. The van der Waals surface area contributed by atoms with Gasteiger partial charge in [-0.2, -0.15) is 0 Å². The average Bonchev–Trinajstić information content (AvgIpc) is 2.89. The van der Waals surface area contributed by atoms with Crippen molar-refractivity contribution in [1.82, 2.24) is 5.48 Å². The Morgan fingerprint density at radius 3 is 2.22 bits per heavy atom. The van der Waals surface area contributed by atoms with Gasteiger partial charge in [0.2, 0.25) is 0 Å². The topological polar surface area (TPSA) is 152 Å². The van der Waals surface area contributed by atoms with Crippen molar-refractivity contribution in [3.63, 3.8) is 0 Å². The van der Waals surface area contributed by atoms with Gasteiger partial charge in [-0.3, -0.25) is 21.4 Å². The van der Waals surface area contributed by atoms with Gasteiger partial charge in [-0.15, -0.1) is 0 Å². The lowest BCUT2D eigenvalue weighted by Gasteiger charge is -2.24. The monoisotopic (exact) mass is 524 g/mol. The second-order valence-corrected chi connectivity index (χ2v) is 10.8. The predicted octanol–water partition coefficient (Wildman–Crippen LogP) is 5.58. The van der Waals surface area contributed by atoms with E-state index in [9.17, 15) is 13.2 Å². The molecule has 0 aromatic heterocycles. The van der Waals surface area contributed by atoms with Crippen molar-refractivity contribution < 1.29 is 23.5 Å². The maximum absolute atomic E-state index is 11.7. The van der Waals surface area contributed by atoms with E-state index >= 15 is 0 Å². The number of carbonyl (C=O) groups is 1. The van der Waals surface area contributed by atoms with Crippen molar-refractivity contribution in [1.29, 1.82) is 5.41 Å². The number of hydroxylamine groups is 1. The smallest absolute Gasteiger partial charge is 0.409 e. The molecule has 196 valence electrons. The summed E-state index contributed by atoms with van der Waals surface area (Å²) in [6.45, 7) is 0. The third-order valence-corrected chi connectivity index (χ3v) is 7.13. The molecule has 0 unspecified atom stereocenters. The molecule has 0 saturated heterocycles. The molecule has 4 rings (SSSR count). The summed E-state index contributed by atoms with van der Waals surface area (Å²) in [5.41, 5.74) is 5.31. The molecular formula is C27H32N4O5S. The van der Waals surface area contributed by atoms with E-state index in [4.69, 9.17) is 15.7 Å². The van der Waals surface area contributed by atoms with Crippen molar-refractivity contribution in [3.8, 4) is 11.1 Å². The first-order valence-electron chi connectivity index (χ1n) is 11.9. The number of amidine groups is 1. The molecule has 0 spiro atoms. The molecule has 9 nitrogen and oxygen atoms in total. The van der Waals surface area contributed by atoms with Crippen LogP contribution in [0.1, 0.15) is 37.7 Å². The van der Waals surface area contributed by atoms with Gasteiger partial charge in [0.25, 0.3) is 0 Å². The van der Waals surface area contributed by atoms with Crippen LogP contribution in [0, 0.1) is 5.41 Å². The number of hydrogen-bond acceptors (Lipinski definition) is 6. The highest BCUT2D eigenvalue weighted by molar-refractivity contribution is 7.90. The second kappa shape index (κ2) is 12.9. The molecule has 37 heavy (non-hydrogen) atoms. The van der Waals surface area contributed by atoms with Gasteiger partial charge in [-0.25, -0.2) is 13.2 Å². The molecule has 0 heterocycles. The molecule has 1 saturated carbocycles. The number of anilines is 2. The Labute approximate surface area is 216 Å². The van der Waals surface area contributed by atoms with Gasteiger partial charge in [-0.05, 0) is 48.7 Å². The SMILES string of the molecule is CS(=O)(=O)c1ccccc1-c1ccc(NC(=O)O)cc1.N=C(NO)c1cccc(NC2CCCCC2)c1. The Kier molecular flexibility index (Phi) is 9.64. The van der Waals surface area contributed by atoms with Crippen LogP contribution in [-0.2, 0) is 9.84 Å². The first kappa shape index (κ1) is 27.7. The predicted molar refractivity (Wildman–Crippen MR) is 145 cm³/mol. The molecule has 1 aliphatic carbocycles. The van der Waals surface area contributed by atoms with Gasteiger partial charge in [0.15, 0.2) is 9.84 Å². The van der Waals surface area contributed by atoms with Crippen LogP contribution in [0.4, 0.5) is 16.2 Å². The number of nitrogens with one attached hydrogen (secondary N) is 4. The fourth-order valence-corrected chi connectivity index (χ4v) is 5.11. The molecule has 0 radical (unpaired) electrons. The minimum absolute atomic E-state index is 0.0253. The van der Waals surface area contributed by atoms with Crippen LogP contribution in [0.3, 0.4) is 0 Å². The Hall–Kier alpha value is -3.89. The number of rotatable bonds is 6. The van der Waals surface area contributed by atoms with E-state index in [1.165, 1.54) is 32.1 Å². The average molecular weight is 525 g/mol. The minimum Gasteiger partial charge on any atom is -0.465 e. The summed E-state index contributed by atoms with van der Waals surface area (Å²) in [5.74, 6) is 0.0253. The summed E-state index contributed by atoms with van der Waals surface area (Å²) in [4.78, 5) is 10.8. The number of hydrogen-bond donors (Lipinski definition) is 6. The first-order valence-corrected chi connectivity index (χ1v) is 13.8. The van der Waals surface area contributed by atoms with Gasteiger partial charge >= 0.3 is 6.09 Å². The first-order chi connectivity index (χ1) is 17.7. The number of benzene rings is 3. The molecule has 3 aromatic carbocycles. The van der Waals surface area contributed by atoms with Crippen molar-refractivity contribution in [2.45, 2.75) is 43.0 Å². The summed E-state index contributed by atoms with van der Waals surface area (Å²) >= 11 is 0. The van der Waals surface area contributed by atoms with Gasteiger partial charge in [0, 0.05) is 34.8 Å². The van der Waals surface area contributed by atoms with Gasteiger partial charge in [0.1, 0.15) is 5.84 Å². The number of carboxylic acid groups (broad SMARTS) is 1. The molecule has 1 amide bonds. The lowest BCUT2D eigenvalue weighted by atomic mass is 9.95.